The predicted molar refractivity (Wildman–Crippen MR) is 105 cm³/mol. The van der Waals surface area contributed by atoms with Gasteiger partial charge in [-0.1, -0.05) is 59.3 Å². The lowest BCUT2D eigenvalue weighted by atomic mass is 10.2. The van der Waals surface area contributed by atoms with Crippen LogP contribution in [0.3, 0.4) is 0 Å². The van der Waals surface area contributed by atoms with Crippen LogP contribution in [-0.4, -0.2) is 24.5 Å². The van der Waals surface area contributed by atoms with Crippen LogP contribution in [0, 0.1) is 0 Å². The van der Waals surface area contributed by atoms with Crippen LogP contribution in [0.15, 0.2) is 0 Å². The molecule has 0 unspecified atom stereocenters. The van der Waals surface area contributed by atoms with Crippen molar-refractivity contribution in [2.45, 2.75) is 97.8 Å². The Morgan fingerprint density at radius 2 is 0.750 bits per heavy atom. The fraction of sp³-hybridized carbons (Fsp3) is 1.00. The normalized spacial score (nSPS) is 11.5. The first-order chi connectivity index (χ1) is 11.3. The molecule has 0 N–H and O–H groups in total. The molecule has 0 aromatic heterocycles. The van der Waals surface area contributed by atoms with Crippen molar-refractivity contribution >= 4 is 18.1 Å². The molecule has 0 spiro atoms. The Labute approximate surface area is 151 Å². The molecule has 148 valence electrons. The zero-order valence-corrected chi connectivity index (χ0v) is 16.9. The molecular formula is C18H39BF4S. The molecule has 0 amide bonds. The van der Waals surface area contributed by atoms with Gasteiger partial charge in [0.15, 0.2) is 0 Å². The van der Waals surface area contributed by atoms with Crippen LogP contribution in [0.25, 0.3) is 0 Å². The highest BCUT2D eigenvalue weighted by atomic mass is 32.2. The van der Waals surface area contributed by atoms with E-state index in [-0.39, 0.29) is 0 Å². The SMILES string of the molecule is CCCCCC[S+](CCCCCC)CCCCCC.F[B-](F)(F)F. The largest absolute Gasteiger partial charge is 0.673 e. The zero-order valence-electron chi connectivity index (χ0n) is 16.1. The number of hydrogen-bond acceptors (Lipinski definition) is 0. The lowest BCUT2D eigenvalue weighted by Crippen LogP contribution is -2.16. The van der Waals surface area contributed by atoms with Crippen molar-refractivity contribution in [1.82, 2.24) is 0 Å². The van der Waals surface area contributed by atoms with E-state index >= 15 is 0 Å². The molecule has 0 rings (SSSR count). The highest BCUT2D eigenvalue weighted by molar-refractivity contribution is 7.96. The topological polar surface area (TPSA) is 0 Å². The minimum Gasteiger partial charge on any atom is -0.418 e. The van der Waals surface area contributed by atoms with E-state index in [1.54, 1.807) is 0 Å². The average molecular weight is 374 g/mol. The van der Waals surface area contributed by atoms with Crippen LogP contribution in [0.4, 0.5) is 17.3 Å². The van der Waals surface area contributed by atoms with E-state index in [1.165, 1.54) is 94.3 Å². The molecule has 24 heavy (non-hydrogen) atoms. The van der Waals surface area contributed by atoms with Gasteiger partial charge in [0.1, 0.15) is 17.3 Å². The molecule has 6 heteroatoms. The average Bonchev–Trinajstić information content (AvgIpc) is 2.49. The van der Waals surface area contributed by atoms with Crippen LogP contribution < -0.4 is 0 Å². The first-order valence-electron chi connectivity index (χ1n) is 9.86. The molecule has 0 atom stereocenters. The second-order valence-electron chi connectivity index (χ2n) is 6.40. The summed E-state index contributed by atoms with van der Waals surface area (Å²) >= 11 is 0. The van der Waals surface area contributed by atoms with E-state index in [1.807, 2.05) is 0 Å². The Balaban J connectivity index is 0. The number of unbranched alkanes of at least 4 members (excludes halogenated alkanes) is 9. The summed E-state index contributed by atoms with van der Waals surface area (Å²) in [6.45, 7) is 6.94. The third kappa shape index (κ3) is 30.1. The van der Waals surface area contributed by atoms with Crippen LogP contribution in [-0.2, 0) is 10.9 Å². The second-order valence-corrected chi connectivity index (χ2v) is 8.85. The summed E-state index contributed by atoms with van der Waals surface area (Å²) in [6.07, 6.45) is 17.4. The molecule has 0 aliphatic heterocycles. The number of rotatable bonds is 15. The minimum absolute atomic E-state index is 0.765. The van der Waals surface area contributed by atoms with Gasteiger partial charge >= 0.3 is 7.25 Å². The van der Waals surface area contributed by atoms with Crippen molar-refractivity contribution in [3.63, 3.8) is 0 Å². The van der Waals surface area contributed by atoms with E-state index in [0.717, 1.165) is 10.9 Å². The molecule has 0 nitrogen and oxygen atoms in total. The van der Waals surface area contributed by atoms with Gasteiger partial charge in [-0.3, -0.25) is 0 Å². The fourth-order valence-electron chi connectivity index (χ4n) is 2.51. The standard InChI is InChI=1S/C18H39S.BF4/c1-4-7-10-13-16-19(17-14-11-8-5-2)18-15-12-9-6-3;2-1(3,4)5/h4-18H2,1-3H3;/q+1;-1. The van der Waals surface area contributed by atoms with Crippen molar-refractivity contribution < 1.29 is 17.3 Å². The Morgan fingerprint density at radius 3 is 0.958 bits per heavy atom. The molecule has 0 aliphatic rings. The summed E-state index contributed by atoms with van der Waals surface area (Å²) in [5.41, 5.74) is 0. The van der Waals surface area contributed by atoms with Crippen molar-refractivity contribution in [3.05, 3.63) is 0 Å². The Morgan fingerprint density at radius 1 is 0.500 bits per heavy atom. The zero-order chi connectivity index (χ0) is 18.7. The quantitative estimate of drug-likeness (QED) is 0.120. The van der Waals surface area contributed by atoms with E-state index < -0.39 is 7.25 Å². The van der Waals surface area contributed by atoms with Crippen molar-refractivity contribution in [2.75, 3.05) is 17.3 Å². The van der Waals surface area contributed by atoms with Gasteiger partial charge in [-0.05, 0) is 49.4 Å². The van der Waals surface area contributed by atoms with Crippen molar-refractivity contribution in [1.29, 1.82) is 0 Å². The maximum absolute atomic E-state index is 9.75. The highest BCUT2D eigenvalue weighted by Gasteiger charge is 2.20. The van der Waals surface area contributed by atoms with Gasteiger partial charge in [0, 0.05) is 0 Å². The third-order valence-corrected chi connectivity index (χ3v) is 6.46. The molecule has 0 heterocycles. The van der Waals surface area contributed by atoms with Crippen molar-refractivity contribution in [3.8, 4) is 0 Å². The molecule has 0 aromatic carbocycles. The molecule has 0 aliphatic carbocycles. The predicted octanol–water partition coefficient (Wildman–Crippen LogP) is 7.65. The number of halogens is 4. The molecule has 0 aromatic rings. The highest BCUT2D eigenvalue weighted by Crippen LogP contribution is 2.12. The summed E-state index contributed by atoms with van der Waals surface area (Å²) in [6, 6.07) is 0. The van der Waals surface area contributed by atoms with Crippen LogP contribution in [0.2, 0.25) is 0 Å². The lowest BCUT2D eigenvalue weighted by molar-refractivity contribution is 0.368. The van der Waals surface area contributed by atoms with Crippen LogP contribution in [0.1, 0.15) is 97.8 Å². The third-order valence-electron chi connectivity index (χ3n) is 3.86. The number of hydrogen-bond donors (Lipinski definition) is 0. The molecule has 0 bridgehead atoms. The van der Waals surface area contributed by atoms with E-state index in [4.69, 9.17) is 0 Å². The summed E-state index contributed by atoms with van der Waals surface area (Å²) in [4.78, 5) is 0. The van der Waals surface area contributed by atoms with E-state index in [0.29, 0.717) is 0 Å². The first kappa shape index (κ1) is 26.4. The Bertz CT molecular complexity index is 203. The molecular weight excluding hydrogens is 335 g/mol. The van der Waals surface area contributed by atoms with E-state index in [9.17, 15) is 17.3 Å². The summed E-state index contributed by atoms with van der Waals surface area (Å²) in [5.74, 6) is 4.62. The lowest BCUT2D eigenvalue weighted by Gasteiger charge is -2.09. The molecule has 0 radical (unpaired) electrons. The monoisotopic (exact) mass is 374 g/mol. The molecule has 0 saturated heterocycles. The maximum atomic E-state index is 9.75. The van der Waals surface area contributed by atoms with Gasteiger partial charge in [-0.2, -0.15) is 0 Å². The Kier molecular flexibility index (Phi) is 21.4. The summed E-state index contributed by atoms with van der Waals surface area (Å²) in [7, 11) is -5.23. The van der Waals surface area contributed by atoms with Crippen LogP contribution in [0.5, 0.6) is 0 Å². The van der Waals surface area contributed by atoms with Crippen molar-refractivity contribution in [2.24, 2.45) is 0 Å². The molecule has 0 fully saturated rings. The smallest absolute Gasteiger partial charge is 0.418 e. The molecule has 0 saturated carbocycles. The van der Waals surface area contributed by atoms with Gasteiger partial charge in [-0.15, -0.1) is 0 Å². The summed E-state index contributed by atoms with van der Waals surface area (Å²) in [5, 5.41) is 0. The Hall–Kier alpha value is 0.135. The van der Waals surface area contributed by atoms with Gasteiger partial charge in [0.25, 0.3) is 0 Å². The van der Waals surface area contributed by atoms with Gasteiger partial charge in [0.05, 0.1) is 0 Å². The first-order valence-corrected chi connectivity index (χ1v) is 11.6. The van der Waals surface area contributed by atoms with Gasteiger partial charge < -0.3 is 17.3 Å². The summed E-state index contributed by atoms with van der Waals surface area (Å²) < 4.78 is 39.0. The second kappa shape index (κ2) is 19.5. The maximum Gasteiger partial charge on any atom is 0.673 e. The van der Waals surface area contributed by atoms with E-state index in [2.05, 4.69) is 20.8 Å². The van der Waals surface area contributed by atoms with Crippen LogP contribution >= 0.6 is 0 Å². The fourth-order valence-corrected chi connectivity index (χ4v) is 4.95. The van der Waals surface area contributed by atoms with Gasteiger partial charge in [-0.25, -0.2) is 0 Å². The van der Waals surface area contributed by atoms with Gasteiger partial charge in [0.2, 0.25) is 0 Å². The minimum atomic E-state index is -6.00.